The Kier molecular flexibility index (Phi) is 4.40. The van der Waals surface area contributed by atoms with Gasteiger partial charge in [0.2, 0.25) is 5.91 Å². The van der Waals surface area contributed by atoms with E-state index < -0.39 is 0 Å². The van der Waals surface area contributed by atoms with Crippen LogP contribution in [0.3, 0.4) is 0 Å². The van der Waals surface area contributed by atoms with E-state index in [0.29, 0.717) is 24.4 Å². The summed E-state index contributed by atoms with van der Waals surface area (Å²) in [5.74, 6) is 0.290. The van der Waals surface area contributed by atoms with Crippen LogP contribution in [0, 0.1) is 0 Å². The molecule has 1 saturated heterocycles. The molecule has 0 radical (unpaired) electrons. The highest BCUT2D eigenvalue weighted by Crippen LogP contribution is 2.18. The predicted molar refractivity (Wildman–Crippen MR) is 68.9 cm³/mol. The van der Waals surface area contributed by atoms with Gasteiger partial charge in [0.25, 0.3) is 0 Å². The van der Waals surface area contributed by atoms with E-state index in [1.165, 1.54) is 25.8 Å². The molecule has 2 rings (SSSR count). The molecule has 4 nitrogen and oxygen atoms in total. The van der Waals surface area contributed by atoms with Crippen LogP contribution >= 0.6 is 0 Å². The fourth-order valence-electron chi connectivity index (χ4n) is 2.51. The van der Waals surface area contributed by atoms with Crippen molar-refractivity contribution in [2.75, 3.05) is 33.7 Å². The molecule has 2 aliphatic rings. The van der Waals surface area contributed by atoms with E-state index in [4.69, 9.17) is 0 Å². The monoisotopic (exact) mass is 239 g/mol. The summed E-state index contributed by atoms with van der Waals surface area (Å²) in [5.41, 5.74) is 0. The van der Waals surface area contributed by atoms with Gasteiger partial charge in [0, 0.05) is 38.6 Å². The lowest BCUT2D eigenvalue weighted by molar-refractivity contribution is -0.132. The number of carbonyl (C=O) groups is 1. The Morgan fingerprint density at radius 1 is 1.41 bits per heavy atom. The highest BCUT2D eigenvalue weighted by Gasteiger charge is 2.25. The first kappa shape index (κ1) is 12.8. The summed E-state index contributed by atoms with van der Waals surface area (Å²) in [7, 11) is 4.10. The third-order valence-corrected chi connectivity index (χ3v) is 3.89. The van der Waals surface area contributed by atoms with Crippen molar-refractivity contribution in [3.8, 4) is 0 Å². The van der Waals surface area contributed by atoms with E-state index in [1.54, 1.807) is 0 Å². The molecule has 1 saturated carbocycles. The quantitative estimate of drug-likeness (QED) is 0.766. The summed E-state index contributed by atoms with van der Waals surface area (Å²) in [6, 6.07) is 1.12. The molecule has 0 aromatic carbocycles. The Morgan fingerprint density at radius 3 is 2.82 bits per heavy atom. The van der Waals surface area contributed by atoms with E-state index in [0.717, 1.165) is 19.5 Å². The Hall–Kier alpha value is -0.610. The van der Waals surface area contributed by atoms with E-state index in [9.17, 15) is 4.79 Å². The zero-order chi connectivity index (χ0) is 12.3. The van der Waals surface area contributed by atoms with Gasteiger partial charge < -0.3 is 15.1 Å². The number of carbonyl (C=O) groups excluding carboxylic acids is 1. The second kappa shape index (κ2) is 5.83. The van der Waals surface area contributed by atoms with Crippen LogP contribution in [-0.4, -0.2) is 61.5 Å². The molecule has 0 spiro atoms. The van der Waals surface area contributed by atoms with Gasteiger partial charge in [-0.3, -0.25) is 4.79 Å². The first-order valence-electron chi connectivity index (χ1n) is 6.84. The average Bonchev–Trinajstić information content (AvgIpc) is 3.12. The third-order valence-electron chi connectivity index (χ3n) is 3.89. The standard InChI is InChI=1S/C13H25N3O/c1-15-9-3-4-12(10-15)16(2)13(17)7-8-14-11-5-6-11/h11-12,14H,3-10H2,1-2H3. The molecule has 1 aliphatic carbocycles. The number of rotatable bonds is 5. The number of amides is 1. The summed E-state index contributed by atoms with van der Waals surface area (Å²) in [6.07, 6.45) is 5.59. The molecule has 1 heterocycles. The van der Waals surface area contributed by atoms with Crippen molar-refractivity contribution in [3.05, 3.63) is 0 Å². The summed E-state index contributed by atoms with van der Waals surface area (Å²) >= 11 is 0. The van der Waals surface area contributed by atoms with Gasteiger partial charge >= 0.3 is 0 Å². The summed E-state index contributed by atoms with van der Waals surface area (Å²) < 4.78 is 0. The van der Waals surface area contributed by atoms with Crippen molar-refractivity contribution < 1.29 is 4.79 Å². The van der Waals surface area contributed by atoms with Gasteiger partial charge in [-0.15, -0.1) is 0 Å². The average molecular weight is 239 g/mol. The van der Waals surface area contributed by atoms with Crippen molar-refractivity contribution in [3.63, 3.8) is 0 Å². The van der Waals surface area contributed by atoms with Gasteiger partial charge in [-0.25, -0.2) is 0 Å². The number of nitrogens with zero attached hydrogens (tertiary/aromatic N) is 2. The molecule has 1 amide bonds. The van der Waals surface area contributed by atoms with Gasteiger partial charge in [0.05, 0.1) is 0 Å². The van der Waals surface area contributed by atoms with Crippen LogP contribution in [0.2, 0.25) is 0 Å². The number of likely N-dealkylation sites (tertiary alicyclic amines) is 1. The van der Waals surface area contributed by atoms with Gasteiger partial charge in [-0.05, 0) is 39.3 Å². The van der Waals surface area contributed by atoms with Gasteiger partial charge in [-0.2, -0.15) is 0 Å². The van der Waals surface area contributed by atoms with Crippen LogP contribution < -0.4 is 5.32 Å². The van der Waals surface area contributed by atoms with Crippen molar-refractivity contribution in [1.82, 2.24) is 15.1 Å². The zero-order valence-electron chi connectivity index (χ0n) is 11.1. The maximum atomic E-state index is 12.0. The minimum atomic E-state index is 0.290. The van der Waals surface area contributed by atoms with E-state index in [2.05, 4.69) is 17.3 Å². The molecular formula is C13H25N3O. The fourth-order valence-corrected chi connectivity index (χ4v) is 2.51. The minimum absolute atomic E-state index is 0.290. The highest BCUT2D eigenvalue weighted by atomic mass is 16.2. The number of hydrogen-bond donors (Lipinski definition) is 1. The van der Waals surface area contributed by atoms with Gasteiger partial charge in [-0.1, -0.05) is 0 Å². The van der Waals surface area contributed by atoms with E-state index >= 15 is 0 Å². The van der Waals surface area contributed by atoms with Crippen LogP contribution in [0.5, 0.6) is 0 Å². The maximum absolute atomic E-state index is 12.0. The van der Waals surface area contributed by atoms with Crippen molar-refractivity contribution in [2.24, 2.45) is 0 Å². The Morgan fingerprint density at radius 2 is 2.18 bits per heavy atom. The molecule has 0 bridgehead atoms. The molecule has 1 atom stereocenters. The smallest absolute Gasteiger partial charge is 0.223 e. The summed E-state index contributed by atoms with van der Waals surface area (Å²) in [6.45, 7) is 3.04. The number of hydrogen-bond acceptors (Lipinski definition) is 3. The summed E-state index contributed by atoms with van der Waals surface area (Å²) in [4.78, 5) is 16.3. The van der Waals surface area contributed by atoms with Crippen LogP contribution in [0.25, 0.3) is 0 Å². The van der Waals surface area contributed by atoms with Crippen LogP contribution in [0.15, 0.2) is 0 Å². The molecule has 0 aromatic heterocycles. The maximum Gasteiger partial charge on any atom is 0.223 e. The first-order valence-corrected chi connectivity index (χ1v) is 6.84. The van der Waals surface area contributed by atoms with Gasteiger partial charge in [0.1, 0.15) is 0 Å². The second-order valence-electron chi connectivity index (χ2n) is 5.54. The SMILES string of the molecule is CN1CCCC(N(C)C(=O)CCNC2CC2)C1. The topological polar surface area (TPSA) is 35.6 Å². The van der Waals surface area contributed by atoms with Crippen LogP contribution in [-0.2, 0) is 4.79 Å². The first-order chi connectivity index (χ1) is 8.16. The second-order valence-corrected chi connectivity index (χ2v) is 5.54. The number of nitrogens with one attached hydrogen (secondary N) is 1. The number of likely N-dealkylation sites (N-methyl/N-ethyl adjacent to an activating group) is 2. The molecule has 1 N–H and O–H groups in total. The molecule has 2 fully saturated rings. The van der Waals surface area contributed by atoms with Crippen LogP contribution in [0.4, 0.5) is 0 Å². The van der Waals surface area contributed by atoms with Crippen LogP contribution in [0.1, 0.15) is 32.1 Å². The lowest BCUT2D eigenvalue weighted by Gasteiger charge is -2.36. The zero-order valence-corrected chi connectivity index (χ0v) is 11.1. The van der Waals surface area contributed by atoms with E-state index in [-0.39, 0.29) is 0 Å². The Labute approximate surface area is 104 Å². The Bertz CT molecular complexity index is 265. The lowest BCUT2D eigenvalue weighted by Crippen LogP contribution is -2.47. The van der Waals surface area contributed by atoms with E-state index in [1.807, 2.05) is 11.9 Å². The molecule has 0 aromatic rings. The fraction of sp³-hybridized carbons (Fsp3) is 0.923. The molecule has 1 unspecified atom stereocenters. The minimum Gasteiger partial charge on any atom is -0.341 e. The van der Waals surface area contributed by atoms with Crippen molar-refractivity contribution in [2.45, 2.75) is 44.2 Å². The molecule has 4 heteroatoms. The molecule has 98 valence electrons. The van der Waals surface area contributed by atoms with Crippen molar-refractivity contribution in [1.29, 1.82) is 0 Å². The molecular weight excluding hydrogens is 214 g/mol. The lowest BCUT2D eigenvalue weighted by atomic mass is 10.0. The molecule has 1 aliphatic heterocycles. The highest BCUT2D eigenvalue weighted by molar-refractivity contribution is 5.76. The Balaban J connectivity index is 1.68. The largest absolute Gasteiger partial charge is 0.341 e. The van der Waals surface area contributed by atoms with Gasteiger partial charge in [0.15, 0.2) is 0 Å². The molecule has 17 heavy (non-hydrogen) atoms. The third kappa shape index (κ3) is 3.96. The number of piperidine rings is 1. The normalized spacial score (nSPS) is 25.9. The summed E-state index contributed by atoms with van der Waals surface area (Å²) in [5, 5.41) is 3.40. The predicted octanol–water partition coefficient (Wildman–Crippen LogP) is 0.681. The van der Waals surface area contributed by atoms with Crippen molar-refractivity contribution >= 4 is 5.91 Å².